The molecule has 0 bridgehead atoms. The number of amides is 1. The Morgan fingerprint density at radius 1 is 0.895 bits per heavy atom. The standard InChI is InChI=1S/C29H22N6O2S/c1-17-7-12-22-21(24(17)35-29(36)23-15-38-26-25(23)32-16-33-27(26)30)13-14-31-28(22)34-18-8-10-20(11-9-18)37-19-5-3-2-4-6-19/h2-16H,1H3,(H,31,34)(H,35,36)(H2,30,32,33). The maximum Gasteiger partial charge on any atom is 0.258 e. The number of nitrogen functional groups attached to an aromatic ring is 1. The number of nitrogens with zero attached hydrogens (tertiary/aromatic N) is 3. The van der Waals surface area contributed by atoms with Crippen LogP contribution in [0.3, 0.4) is 0 Å². The lowest BCUT2D eigenvalue weighted by Crippen LogP contribution is -2.13. The van der Waals surface area contributed by atoms with Crippen molar-refractivity contribution in [3.63, 3.8) is 0 Å². The van der Waals surface area contributed by atoms with Crippen molar-refractivity contribution in [2.24, 2.45) is 0 Å². The van der Waals surface area contributed by atoms with E-state index in [9.17, 15) is 4.79 Å². The van der Waals surface area contributed by atoms with Gasteiger partial charge in [0.15, 0.2) is 0 Å². The lowest BCUT2D eigenvalue weighted by Gasteiger charge is -2.15. The van der Waals surface area contributed by atoms with Gasteiger partial charge in [0.05, 0.1) is 21.5 Å². The van der Waals surface area contributed by atoms with E-state index in [-0.39, 0.29) is 5.91 Å². The molecule has 0 unspecified atom stereocenters. The van der Waals surface area contributed by atoms with Gasteiger partial charge in [0.1, 0.15) is 29.5 Å². The van der Waals surface area contributed by atoms with Gasteiger partial charge in [0, 0.05) is 28.0 Å². The van der Waals surface area contributed by atoms with E-state index in [2.05, 4.69) is 25.6 Å². The van der Waals surface area contributed by atoms with Crippen molar-refractivity contribution in [3.8, 4) is 11.5 Å². The molecule has 1 amide bonds. The van der Waals surface area contributed by atoms with E-state index in [0.717, 1.165) is 33.5 Å². The molecule has 3 aromatic carbocycles. The molecule has 0 aliphatic carbocycles. The second kappa shape index (κ2) is 9.79. The summed E-state index contributed by atoms with van der Waals surface area (Å²) in [5.41, 5.74) is 9.46. The molecule has 0 aliphatic heterocycles. The second-order valence-corrected chi connectivity index (χ2v) is 9.50. The molecule has 0 fully saturated rings. The predicted molar refractivity (Wildman–Crippen MR) is 153 cm³/mol. The first kappa shape index (κ1) is 23.4. The van der Waals surface area contributed by atoms with Crippen molar-refractivity contribution >= 4 is 61.2 Å². The number of carbonyl (C=O) groups excluding carboxylic acids is 1. The zero-order chi connectivity index (χ0) is 26.1. The quantitative estimate of drug-likeness (QED) is 0.219. The number of para-hydroxylation sites is 1. The number of anilines is 4. The number of benzene rings is 3. The van der Waals surface area contributed by atoms with Crippen LogP contribution in [-0.4, -0.2) is 20.9 Å². The Labute approximate surface area is 222 Å². The molecule has 0 saturated carbocycles. The van der Waals surface area contributed by atoms with E-state index < -0.39 is 0 Å². The molecule has 3 heterocycles. The van der Waals surface area contributed by atoms with Crippen LogP contribution in [0.25, 0.3) is 21.0 Å². The van der Waals surface area contributed by atoms with Crippen molar-refractivity contribution in [3.05, 3.63) is 102 Å². The molecule has 0 saturated heterocycles. The first-order chi connectivity index (χ1) is 18.6. The zero-order valence-corrected chi connectivity index (χ0v) is 21.1. The molecule has 0 radical (unpaired) electrons. The Bertz CT molecular complexity index is 1790. The van der Waals surface area contributed by atoms with Crippen LogP contribution in [0.2, 0.25) is 0 Å². The minimum atomic E-state index is -0.259. The van der Waals surface area contributed by atoms with Crippen molar-refractivity contribution in [1.29, 1.82) is 0 Å². The molecule has 38 heavy (non-hydrogen) atoms. The van der Waals surface area contributed by atoms with Crippen molar-refractivity contribution in [1.82, 2.24) is 15.0 Å². The third-order valence-corrected chi connectivity index (χ3v) is 7.11. The van der Waals surface area contributed by atoms with Gasteiger partial charge in [-0.25, -0.2) is 15.0 Å². The van der Waals surface area contributed by atoms with Crippen LogP contribution in [0.15, 0.2) is 90.7 Å². The second-order valence-electron chi connectivity index (χ2n) is 8.62. The highest BCUT2D eigenvalue weighted by atomic mass is 32.1. The van der Waals surface area contributed by atoms with E-state index >= 15 is 0 Å². The smallest absolute Gasteiger partial charge is 0.258 e. The van der Waals surface area contributed by atoms with Crippen LogP contribution in [0.1, 0.15) is 15.9 Å². The molecule has 6 rings (SSSR count). The van der Waals surface area contributed by atoms with E-state index in [4.69, 9.17) is 10.5 Å². The Morgan fingerprint density at radius 3 is 2.50 bits per heavy atom. The maximum atomic E-state index is 13.3. The summed E-state index contributed by atoms with van der Waals surface area (Å²) < 4.78 is 6.58. The van der Waals surface area contributed by atoms with Crippen LogP contribution in [-0.2, 0) is 0 Å². The highest BCUT2D eigenvalue weighted by Crippen LogP contribution is 2.34. The van der Waals surface area contributed by atoms with Gasteiger partial charge in [-0.3, -0.25) is 4.79 Å². The van der Waals surface area contributed by atoms with Gasteiger partial charge in [-0.05, 0) is 55.0 Å². The molecule has 4 N–H and O–H groups in total. The highest BCUT2D eigenvalue weighted by Gasteiger charge is 2.18. The minimum absolute atomic E-state index is 0.259. The van der Waals surface area contributed by atoms with Gasteiger partial charge in [-0.1, -0.05) is 30.3 Å². The summed E-state index contributed by atoms with van der Waals surface area (Å²) in [7, 11) is 0. The highest BCUT2D eigenvalue weighted by molar-refractivity contribution is 7.18. The molecule has 0 spiro atoms. The molecule has 8 nitrogen and oxygen atoms in total. The first-order valence-corrected chi connectivity index (χ1v) is 12.7. The number of carbonyl (C=O) groups is 1. The summed E-state index contributed by atoms with van der Waals surface area (Å²) >= 11 is 1.35. The van der Waals surface area contributed by atoms with E-state index in [1.165, 1.54) is 17.7 Å². The number of ether oxygens (including phenoxy) is 1. The van der Waals surface area contributed by atoms with E-state index in [0.29, 0.717) is 33.1 Å². The number of nitrogens with two attached hydrogens (primary N) is 1. The summed E-state index contributed by atoms with van der Waals surface area (Å²) in [6, 6.07) is 23.2. The van der Waals surface area contributed by atoms with Crippen LogP contribution < -0.4 is 21.1 Å². The van der Waals surface area contributed by atoms with Crippen molar-refractivity contribution in [2.75, 3.05) is 16.4 Å². The molecule has 3 aromatic heterocycles. The number of hydrogen-bond donors (Lipinski definition) is 3. The van der Waals surface area contributed by atoms with Gasteiger partial charge >= 0.3 is 0 Å². The normalized spacial score (nSPS) is 11.0. The van der Waals surface area contributed by atoms with E-state index in [1.807, 2.05) is 79.7 Å². The first-order valence-electron chi connectivity index (χ1n) is 11.8. The van der Waals surface area contributed by atoms with Crippen LogP contribution in [0.5, 0.6) is 11.5 Å². The van der Waals surface area contributed by atoms with Gasteiger partial charge in [-0.2, -0.15) is 0 Å². The average Bonchev–Trinajstić information content (AvgIpc) is 3.38. The summed E-state index contributed by atoms with van der Waals surface area (Å²) in [6.07, 6.45) is 3.09. The zero-order valence-electron chi connectivity index (χ0n) is 20.3. The number of thiophene rings is 1. The SMILES string of the molecule is Cc1ccc2c(Nc3ccc(Oc4ccccc4)cc3)nccc2c1NC(=O)c1csc2c(N)ncnc12. The van der Waals surface area contributed by atoms with Crippen molar-refractivity contribution < 1.29 is 9.53 Å². The number of rotatable bonds is 6. The topological polar surface area (TPSA) is 115 Å². The Hall–Kier alpha value is -5.02. The lowest BCUT2D eigenvalue weighted by atomic mass is 10.0. The third-order valence-electron chi connectivity index (χ3n) is 6.11. The summed E-state index contributed by atoms with van der Waals surface area (Å²) in [4.78, 5) is 26.1. The van der Waals surface area contributed by atoms with Crippen LogP contribution in [0, 0.1) is 6.92 Å². The summed E-state index contributed by atoms with van der Waals surface area (Å²) in [5, 5.41) is 9.97. The monoisotopic (exact) mass is 518 g/mol. The Balaban J connectivity index is 1.28. The number of fused-ring (bicyclic) bond motifs is 2. The number of aryl methyl sites for hydroxylation is 1. The summed E-state index contributed by atoms with van der Waals surface area (Å²) in [6.45, 7) is 1.96. The molecule has 9 heteroatoms. The maximum absolute atomic E-state index is 13.3. The fourth-order valence-electron chi connectivity index (χ4n) is 4.21. The van der Waals surface area contributed by atoms with E-state index in [1.54, 1.807) is 11.6 Å². The summed E-state index contributed by atoms with van der Waals surface area (Å²) in [5.74, 6) is 2.30. The molecule has 186 valence electrons. The third kappa shape index (κ3) is 4.46. The Kier molecular flexibility index (Phi) is 6.03. The van der Waals surface area contributed by atoms with Crippen molar-refractivity contribution in [2.45, 2.75) is 6.92 Å². The van der Waals surface area contributed by atoms with Gasteiger partial charge in [0.2, 0.25) is 0 Å². The Morgan fingerprint density at radius 2 is 1.68 bits per heavy atom. The minimum Gasteiger partial charge on any atom is -0.457 e. The molecule has 6 aromatic rings. The number of aromatic nitrogens is 3. The largest absolute Gasteiger partial charge is 0.457 e. The van der Waals surface area contributed by atoms with Gasteiger partial charge in [-0.15, -0.1) is 11.3 Å². The molecular weight excluding hydrogens is 496 g/mol. The fraction of sp³-hybridized carbons (Fsp3) is 0.0345. The van der Waals surface area contributed by atoms with Crippen LogP contribution in [0.4, 0.5) is 23.0 Å². The van der Waals surface area contributed by atoms with Gasteiger partial charge in [0.25, 0.3) is 5.91 Å². The number of hydrogen-bond acceptors (Lipinski definition) is 8. The lowest BCUT2D eigenvalue weighted by molar-refractivity contribution is 0.102. The van der Waals surface area contributed by atoms with Crippen LogP contribution >= 0.6 is 11.3 Å². The average molecular weight is 519 g/mol. The van der Waals surface area contributed by atoms with Gasteiger partial charge < -0.3 is 21.1 Å². The number of pyridine rings is 1. The molecule has 0 aliphatic rings. The molecular formula is C29H22N6O2S. The predicted octanol–water partition coefficient (Wildman–Crippen LogP) is 6.92. The number of nitrogens with one attached hydrogen (secondary N) is 2. The fourth-order valence-corrected chi connectivity index (χ4v) is 5.11. The molecule has 0 atom stereocenters.